The maximum atomic E-state index is 5.21. The normalized spacial score (nSPS) is 15.9. The molecule has 0 bridgehead atoms. The van der Waals surface area contributed by atoms with Gasteiger partial charge < -0.3 is 10.1 Å². The third-order valence-electron chi connectivity index (χ3n) is 2.67. The van der Waals surface area contributed by atoms with E-state index in [2.05, 4.69) is 23.5 Å². The van der Waals surface area contributed by atoms with Crippen LogP contribution in [0.5, 0.6) is 5.75 Å². The highest BCUT2D eigenvalue weighted by molar-refractivity contribution is 5.31. The summed E-state index contributed by atoms with van der Waals surface area (Å²) in [6, 6.07) is 8.29. The van der Waals surface area contributed by atoms with Gasteiger partial charge in [0.15, 0.2) is 0 Å². The Balaban J connectivity index is 2.06. The van der Waals surface area contributed by atoms with Gasteiger partial charge in [0, 0.05) is 6.54 Å². The van der Waals surface area contributed by atoms with Gasteiger partial charge in [-0.2, -0.15) is 0 Å². The average molecular weight is 203 g/mol. The summed E-state index contributed by atoms with van der Waals surface area (Å²) in [6.07, 6.45) is 4.53. The Morgan fingerprint density at radius 1 is 1.40 bits per heavy atom. The summed E-state index contributed by atoms with van der Waals surface area (Å²) in [5.41, 5.74) is 2.80. The van der Waals surface area contributed by atoms with Crippen molar-refractivity contribution in [2.45, 2.75) is 12.8 Å². The van der Waals surface area contributed by atoms with E-state index in [0.29, 0.717) is 0 Å². The highest BCUT2D eigenvalue weighted by atomic mass is 16.5. The first-order valence-corrected chi connectivity index (χ1v) is 5.40. The first-order valence-electron chi connectivity index (χ1n) is 5.40. The van der Waals surface area contributed by atoms with Gasteiger partial charge in [0.05, 0.1) is 7.11 Å². The topological polar surface area (TPSA) is 21.3 Å². The van der Waals surface area contributed by atoms with Gasteiger partial charge in [-0.05, 0) is 37.1 Å². The fourth-order valence-electron chi connectivity index (χ4n) is 1.88. The van der Waals surface area contributed by atoms with Crippen LogP contribution in [0.2, 0.25) is 0 Å². The fourth-order valence-corrected chi connectivity index (χ4v) is 1.88. The Hall–Kier alpha value is -1.28. The molecule has 1 heterocycles. The van der Waals surface area contributed by atoms with Gasteiger partial charge in [0.25, 0.3) is 0 Å². The average Bonchev–Trinajstić information content (AvgIpc) is 2.31. The number of rotatable bonds is 3. The predicted octanol–water partition coefficient (Wildman–Crippen LogP) is 2.16. The van der Waals surface area contributed by atoms with Crippen LogP contribution in [0.1, 0.15) is 12.0 Å². The van der Waals surface area contributed by atoms with Gasteiger partial charge >= 0.3 is 0 Å². The summed E-state index contributed by atoms with van der Waals surface area (Å²) >= 11 is 0. The molecule has 0 amide bonds. The fraction of sp³-hybridized carbons (Fsp3) is 0.385. The second kappa shape index (κ2) is 4.99. The van der Waals surface area contributed by atoms with Crippen LogP contribution in [0.15, 0.2) is 35.9 Å². The van der Waals surface area contributed by atoms with E-state index in [9.17, 15) is 0 Å². The molecule has 0 spiro atoms. The molecule has 0 saturated carbocycles. The first kappa shape index (κ1) is 10.2. The zero-order valence-electron chi connectivity index (χ0n) is 9.12. The molecular formula is C13H17NO. The Kier molecular flexibility index (Phi) is 3.41. The summed E-state index contributed by atoms with van der Waals surface area (Å²) in [6.45, 7) is 2.14. The van der Waals surface area contributed by atoms with Crippen molar-refractivity contribution in [2.75, 3.05) is 20.2 Å². The van der Waals surface area contributed by atoms with Gasteiger partial charge in [-0.3, -0.25) is 0 Å². The molecule has 0 aromatic heterocycles. The molecule has 2 nitrogen and oxygen atoms in total. The molecule has 1 N–H and O–H groups in total. The Morgan fingerprint density at radius 2 is 2.33 bits per heavy atom. The van der Waals surface area contributed by atoms with Crippen LogP contribution in [0, 0.1) is 0 Å². The zero-order valence-corrected chi connectivity index (χ0v) is 9.12. The molecule has 0 unspecified atom stereocenters. The third kappa shape index (κ3) is 2.83. The van der Waals surface area contributed by atoms with Gasteiger partial charge in [-0.1, -0.05) is 23.8 Å². The lowest BCUT2D eigenvalue weighted by Gasteiger charge is -2.14. The van der Waals surface area contributed by atoms with Gasteiger partial charge in [-0.15, -0.1) is 0 Å². The van der Waals surface area contributed by atoms with E-state index in [1.165, 1.54) is 11.1 Å². The number of nitrogens with one attached hydrogen (secondary N) is 1. The minimum atomic E-state index is 0.942. The third-order valence-corrected chi connectivity index (χ3v) is 2.67. The minimum absolute atomic E-state index is 0.942. The second-order valence-electron chi connectivity index (χ2n) is 3.86. The van der Waals surface area contributed by atoms with Gasteiger partial charge in [-0.25, -0.2) is 0 Å². The molecule has 80 valence electrons. The van der Waals surface area contributed by atoms with Crippen molar-refractivity contribution in [1.29, 1.82) is 0 Å². The lowest BCUT2D eigenvalue weighted by atomic mass is 10.0. The Bertz CT molecular complexity index is 357. The molecule has 2 heteroatoms. The lowest BCUT2D eigenvalue weighted by Crippen LogP contribution is -2.23. The molecule has 15 heavy (non-hydrogen) atoms. The van der Waals surface area contributed by atoms with Crippen molar-refractivity contribution in [1.82, 2.24) is 5.32 Å². The van der Waals surface area contributed by atoms with Crippen LogP contribution in [0.4, 0.5) is 0 Å². The SMILES string of the molecule is COc1cccc(CC2=CCCNC2)c1. The molecule has 0 fully saturated rings. The molecule has 0 atom stereocenters. The van der Waals surface area contributed by atoms with E-state index in [0.717, 1.165) is 31.7 Å². The molecule has 0 saturated heterocycles. The van der Waals surface area contributed by atoms with E-state index in [-0.39, 0.29) is 0 Å². The van der Waals surface area contributed by atoms with Crippen molar-refractivity contribution >= 4 is 0 Å². The summed E-state index contributed by atoms with van der Waals surface area (Å²) in [5, 5.41) is 3.38. The maximum absolute atomic E-state index is 5.21. The number of ether oxygens (including phenoxy) is 1. The molecule has 1 aromatic rings. The number of methoxy groups -OCH3 is 1. The standard InChI is InChI=1S/C13H17NO/c1-15-13-6-2-4-11(9-13)8-12-5-3-7-14-10-12/h2,4-6,9,14H,3,7-8,10H2,1H3. The number of benzene rings is 1. The largest absolute Gasteiger partial charge is 0.497 e. The highest BCUT2D eigenvalue weighted by Crippen LogP contribution is 2.16. The van der Waals surface area contributed by atoms with Crippen LogP contribution < -0.4 is 10.1 Å². The smallest absolute Gasteiger partial charge is 0.119 e. The zero-order chi connectivity index (χ0) is 10.5. The summed E-state index contributed by atoms with van der Waals surface area (Å²) in [7, 11) is 1.71. The Morgan fingerprint density at radius 3 is 3.07 bits per heavy atom. The quantitative estimate of drug-likeness (QED) is 0.760. The molecule has 1 aromatic carbocycles. The van der Waals surface area contributed by atoms with Gasteiger partial charge in [0.2, 0.25) is 0 Å². The molecule has 0 aliphatic carbocycles. The van der Waals surface area contributed by atoms with Crippen LogP contribution in [-0.2, 0) is 6.42 Å². The van der Waals surface area contributed by atoms with Crippen molar-refractivity contribution in [2.24, 2.45) is 0 Å². The van der Waals surface area contributed by atoms with Crippen molar-refractivity contribution in [3.8, 4) is 5.75 Å². The van der Waals surface area contributed by atoms with Crippen LogP contribution in [0.25, 0.3) is 0 Å². The predicted molar refractivity (Wildman–Crippen MR) is 62.3 cm³/mol. The van der Waals surface area contributed by atoms with Crippen LogP contribution >= 0.6 is 0 Å². The number of hydrogen-bond acceptors (Lipinski definition) is 2. The molecule has 2 rings (SSSR count). The first-order chi connectivity index (χ1) is 7.38. The van der Waals surface area contributed by atoms with Crippen LogP contribution in [-0.4, -0.2) is 20.2 Å². The maximum Gasteiger partial charge on any atom is 0.119 e. The van der Waals surface area contributed by atoms with Crippen molar-refractivity contribution in [3.05, 3.63) is 41.5 Å². The monoisotopic (exact) mass is 203 g/mol. The van der Waals surface area contributed by atoms with Gasteiger partial charge in [0.1, 0.15) is 5.75 Å². The molecule has 1 aliphatic rings. The summed E-state index contributed by atoms with van der Waals surface area (Å²) in [5.74, 6) is 0.942. The van der Waals surface area contributed by atoms with Crippen molar-refractivity contribution in [3.63, 3.8) is 0 Å². The van der Waals surface area contributed by atoms with E-state index < -0.39 is 0 Å². The Labute approximate surface area is 91.0 Å². The second-order valence-corrected chi connectivity index (χ2v) is 3.86. The van der Waals surface area contributed by atoms with E-state index >= 15 is 0 Å². The summed E-state index contributed by atoms with van der Waals surface area (Å²) in [4.78, 5) is 0. The highest BCUT2D eigenvalue weighted by Gasteiger charge is 2.04. The van der Waals surface area contributed by atoms with E-state index in [4.69, 9.17) is 4.74 Å². The minimum Gasteiger partial charge on any atom is -0.497 e. The lowest BCUT2D eigenvalue weighted by molar-refractivity contribution is 0.414. The van der Waals surface area contributed by atoms with Crippen molar-refractivity contribution < 1.29 is 4.74 Å². The number of hydrogen-bond donors (Lipinski definition) is 1. The summed E-state index contributed by atoms with van der Waals surface area (Å²) < 4.78 is 5.21. The van der Waals surface area contributed by atoms with Crippen LogP contribution in [0.3, 0.4) is 0 Å². The van der Waals surface area contributed by atoms with E-state index in [1.54, 1.807) is 7.11 Å². The molecular weight excluding hydrogens is 186 g/mol. The molecule has 0 radical (unpaired) electrons. The van der Waals surface area contributed by atoms with E-state index in [1.807, 2.05) is 12.1 Å². The molecule has 1 aliphatic heterocycles.